The van der Waals surface area contributed by atoms with Crippen LogP contribution in [0.4, 0.5) is 8.78 Å². The van der Waals surface area contributed by atoms with Crippen LogP contribution in [0.3, 0.4) is 0 Å². The number of rotatable bonds is 9. The van der Waals surface area contributed by atoms with Crippen molar-refractivity contribution in [2.75, 3.05) is 19.6 Å². The van der Waals surface area contributed by atoms with Crippen LogP contribution < -0.4 is 10.0 Å². The zero-order valence-electron chi connectivity index (χ0n) is 17.2. The topological polar surface area (TPSA) is 78.5 Å². The molecule has 2 aromatic carbocycles. The minimum atomic E-state index is -4.02. The first-order valence-corrected chi connectivity index (χ1v) is 11.8. The summed E-state index contributed by atoms with van der Waals surface area (Å²) in [4.78, 5) is 14.1. The lowest BCUT2D eigenvalue weighted by atomic mass is 10.1. The number of amides is 1. The van der Waals surface area contributed by atoms with Crippen LogP contribution in [-0.2, 0) is 27.9 Å². The van der Waals surface area contributed by atoms with Gasteiger partial charge >= 0.3 is 0 Å². The van der Waals surface area contributed by atoms with E-state index in [-0.39, 0.29) is 18.9 Å². The molecule has 0 bridgehead atoms. The molecule has 0 radical (unpaired) electrons. The highest BCUT2D eigenvalue weighted by Crippen LogP contribution is 2.14. The summed E-state index contributed by atoms with van der Waals surface area (Å²) in [5.41, 5.74) is 2.20. The Kier molecular flexibility index (Phi) is 8.11. The van der Waals surface area contributed by atoms with Crippen LogP contribution in [0.1, 0.15) is 36.8 Å². The Morgan fingerprint density at radius 1 is 0.935 bits per heavy atom. The van der Waals surface area contributed by atoms with E-state index in [0.717, 1.165) is 37.3 Å². The molecular weight excluding hydrogens is 424 g/mol. The molecular formula is C22H27F2N3O3S. The number of piperidine rings is 1. The van der Waals surface area contributed by atoms with Crippen molar-refractivity contribution in [3.05, 3.63) is 65.2 Å². The van der Waals surface area contributed by atoms with E-state index in [1.165, 1.54) is 24.8 Å². The summed E-state index contributed by atoms with van der Waals surface area (Å²) in [7, 11) is -4.02. The largest absolute Gasteiger partial charge is 0.352 e. The predicted molar refractivity (Wildman–Crippen MR) is 114 cm³/mol. The molecule has 6 nitrogen and oxygen atoms in total. The summed E-state index contributed by atoms with van der Waals surface area (Å²) in [5, 5.41) is 2.75. The molecule has 1 saturated heterocycles. The zero-order chi connectivity index (χ0) is 22.3. The number of carbonyl (C=O) groups excluding carboxylic acids is 1. The Morgan fingerprint density at radius 2 is 1.61 bits per heavy atom. The van der Waals surface area contributed by atoms with Crippen LogP contribution in [0.2, 0.25) is 0 Å². The van der Waals surface area contributed by atoms with Gasteiger partial charge in [0, 0.05) is 26.1 Å². The number of carbonyl (C=O) groups is 1. The predicted octanol–water partition coefficient (Wildman–Crippen LogP) is 2.94. The van der Waals surface area contributed by atoms with Gasteiger partial charge in [0.15, 0.2) is 11.6 Å². The molecule has 0 aromatic heterocycles. The third-order valence-corrected chi connectivity index (χ3v) is 6.67. The Hall–Kier alpha value is -2.36. The first-order chi connectivity index (χ1) is 14.8. The van der Waals surface area contributed by atoms with Gasteiger partial charge in [-0.25, -0.2) is 21.9 Å². The summed E-state index contributed by atoms with van der Waals surface area (Å²) in [6.07, 6.45) is 3.74. The fourth-order valence-electron chi connectivity index (χ4n) is 3.45. The molecule has 0 atom stereocenters. The van der Waals surface area contributed by atoms with Gasteiger partial charge in [-0.2, -0.15) is 0 Å². The number of sulfonamides is 1. The smallest absolute Gasteiger partial charge is 0.240 e. The van der Waals surface area contributed by atoms with Crippen LogP contribution >= 0.6 is 0 Å². The van der Waals surface area contributed by atoms with Crippen molar-refractivity contribution in [1.82, 2.24) is 14.9 Å². The van der Waals surface area contributed by atoms with E-state index in [4.69, 9.17) is 0 Å². The molecule has 1 aliphatic rings. The number of hydrogen-bond acceptors (Lipinski definition) is 4. The van der Waals surface area contributed by atoms with Gasteiger partial charge in [0.1, 0.15) is 0 Å². The maximum Gasteiger partial charge on any atom is 0.240 e. The molecule has 1 aliphatic heterocycles. The summed E-state index contributed by atoms with van der Waals surface area (Å²) >= 11 is 0. The molecule has 1 amide bonds. The summed E-state index contributed by atoms with van der Waals surface area (Å²) in [6.45, 7) is 3.40. The second kappa shape index (κ2) is 10.8. The summed E-state index contributed by atoms with van der Waals surface area (Å²) < 4.78 is 52.6. The van der Waals surface area contributed by atoms with Gasteiger partial charge < -0.3 is 5.32 Å². The second-order valence-corrected chi connectivity index (χ2v) is 9.42. The molecule has 0 spiro atoms. The average molecular weight is 452 g/mol. The van der Waals surface area contributed by atoms with Crippen LogP contribution in [0.15, 0.2) is 47.4 Å². The van der Waals surface area contributed by atoms with E-state index in [9.17, 15) is 22.0 Å². The minimum Gasteiger partial charge on any atom is -0.352 e. The van der Waals surface area contributed by atoms with E-state index in [1.807, 2.05) is 12.1 Å². The van der Waals surface area contributed by atoms with Gasteiger partial charge in [0.05, 0.1) is 4.90 Å². The maximum absolute atomic E-state index is 13.2. The van der Waals surface area contributed by atoms with E-state index in [1.54, 1.807) is 0 Å². The fourth-order valence-corrected chi connectivity index (χ4v) is 4.50. The second-order valence-electron chi connectivity index (χ2n) is 7.65. The third kappa shape index (κ3) is 7.09. The highest BCUT2D eigenvalue weighted by atomic mass is 32.2. The number of benzene rings is 2. The molecule has 1 fully saturated rings. The number of likely N-dealkylation sites (tertiary alicyclic amines) is 1. The molecule has 31 heavy (non-hydrogen) atoms. The Balaban J connectivity index is 1.40. The van der Waals surface area contributed by atoms with Gasteiger partial charge in [-0.15, -0.1) is 0 Å². The molecule has 2 N–H and O–H groups in total. The molecule has 3 rings (SSSR count). The van der Waals surface area contributed by atoms with E-state index < -0.39 is 26.6 Å². The lowest BCUT2D eigenvalue weighted by Gasteiger charge is -2.26. The van der Waals surface area contributed by atoms with Gasteiger partial charge in [-0.05, 0) is 55.3 Å². The van der Waals surface area contributed by atoms with Gasteiger partial charge in [-0.3, -0.25) is 9.69 Å². The highest BCUT2D eigenvalue weighted by molar-refractivity contribution is 7.89. The minimum absolute atomic E-state index is 0.0735. The van der Waals surface area contributed by atoms with Crippen molar-refractivity contribution in [3.8, 4) is 0 Å². The average Bonchev–Trinajstić information content (AvgIpc) is 2.76. The van der Waals surface area contributed by atoms with Gasteiger partial charge in [0.2, 0.25) is 15.9 Å². The molecule has 0 aliphatic carbocycles. The van der Waals surface area contributed by atoms with Gasteiger partial charge in [0.25, 0.3) is 0 Å². The molecule has 2 aromatic rings. The Morgan fingerprint density at radius 3 is 2.29 bits per heavy atom. The monoisotopic (exact) mass is 451 g/mol. The first kappa shape index (κ1) is 23.3. The summed E-state index contributed by atoms with van der Waals surface area (Å²) in [5.74, 6) is -2.69. The number of nitrogens with zero attached hydrogens (tertiary/aromatic N) is 1. The Labute approximate surface area is 181 Å². The van der Waals surface area contributed by atoms with E-state index in [2.05, 4.69) is 27.1 Å². The lowest BCUT2D eigenvalue weighted by molar-refractivity contribution is -0.121. The normalized spacial score (nSPS) is 15.0. The molecule has 1 heterocycles. The standard InChI is InChI=1S/C22H27F2N3O3S/c23-20-9-8-19(14-21(20)24)31(29,30)26-11-10-22(28)25-15-17-4-6-18(7-5-17)16-27-12-2-1-3-13-27/h4-9,14,26H,1-3,10-13,15-16H2,(H,25,28). The van der Waals surface area contributed by atoms with Crippen molar-refractivity contribution in [3.63, 3.8) is 0 Å². The van der Waals surface area contributed by atoms with Crippen molar-refractivity contribution in [2.45, 2.75) is 43.7 Å². The number of hydrogen-bond donors (Lipinski definition) is 2. The maximum atomic E-state index is 13.2. The molecule has 168 valence electrons. The Bertz CT molecular complexity index is 992. The highest BCUT2D eigenvalue weighted by Gasteiger charge is 2.16. The zero-order valence-corrected chi connectivity index (χ0v) is 18.1. The van der Waals surface area contributed by atoms with Crippen molar-refractivity contribution < 1.29 is 22.0 Å². The van der Waals surface area contributed by atoms with Crippen LogP contribution in [0.25, 0.3) is 0 Å². The SMILES string of the molecule is O=C(CCNS(=O)(=O)c1ccc(F)c(F)c1)NCc1ccc(CN2CCCCC2)cc1. The van der Waals surface area contributed by atoms with E-state index in [0.29, 0.717) is 12.6 Å². The molecule has 0 unspecified atom stereocenters. The van der Waals surface area contributed by atoms with E-state index >= 15 is 0 Å². The van der Waals surface area contributed by atoms with Crippen molar-refractivity contribution in [2.24, 2.45) is 0 Å². The van der Waals surface area contributed by atoms with Gasteiger partial charge in [-0.1, -0.05) is 30.7 Å². The lowest BCUT2D eigenvalue weighted by Crippen LogP contribution is -2.30. The van der Waals surface area contributed by atoms with Crippen molar-refractivity contribution >= 4 is 15.9 Å². The quantitative estimate of drug-likeness (QED) is 0.615. The van der Waals surface area contributed by atoms with Crippen LogP contribution in [0.5, 0.6) is 0 Å². The summed E-state index contributed by atoms with van der Waals surface area (Å²) in [6, 6.07) is 10.4. The third-order valence-electron chi connectivity index (χ3n) is 5.21. The number of nitrogens with one attached hydrogen (secondary N) is 2. The van der Waals surface area contributed by atoms with Crippen molar-refractivity contribution in [1.29, 1.82) is 0 Å². The van der Waals surface area contributed by atoms with Crippen LogP contribution in [0, 0.1) is 11.6 Å². The first-order valence-electron chi connectivity index (χ1n) is 10.3. The van der Waals surface area contributed by atoms with Crippen LogP contribution in [-0.4, -0.2) is 38.9 Å². The number of halogens is 2. The molecule has 9 heteroatoms. The molecule has 0 saturated carbocycles. The fraction of sp³-hybridized carbons (Fsp3) is 0.409.